The summed E-state index contributed by atoms with van der Waals surface area (Å²) in [6.45, 7) is 5.36. The summed E-state index contributed by atoms with van der Waals surface area (Å²) in [7, 11) is 0. The SMILES string of the molecule is CC(C)c1ccccc1NCc1csc2ccccc12. The number of nitrogens with one attached hydrogen (secondary N) is 1. The van der Waals surface area contributed by atoms with Crippen LogP contribution in [0.5, 0.6) is 0 Å². The van der Waals surface area contributed by atoms with Gasteiger partial charge in [-0.15, -0.1) is 11.3 Å². The lowest BCUT2D eigenvalue weighted by Gasteiger charge is -2.14. The zero-order valence-corrected chi connectivity index (χ0v) is 12.7. The van der Waals surface area contributed by atoms with E-state index in [1.54, 1.807) is 0 Å². The summed E-state index contributed by atoms with van der Waals surface area (Å²) in [5, 5.41) is 7.22. The Morgan fingerprint density at radius 3 is 2.60 bits per heavy atom. The largest absolute Gasteiger partial charge is 0.381 e. The first kappa shape index (κ1) is 13.2. The van der Waals surface area contributed by atoms with E-state index in [-0.39, 0.29) is 0 Å². The van der Waals surface area contributed by atoms with Crippen molar-refractivity contribution in [1.29, 1.82) is 0 Å². The molecular weight excluding hydrogens is 262 g/mol. The Morgan fingerprint density at radius 1 is 1.00 bits per heavy atom. The molecule has 0 saturated heterocycles. The zero-order chi connectivity index (χ0) is 13.9. The number of fused-ring (bicyclic) bond motifs is 1. The van der Waals surface area contributed by atoms with Gasteiger partial charge >= 0.3 is 0 Å². The van der Waals surface area contributed by atoms with Gasteiger partial charge in [0.15, 0.2) is 0 Å². The molecule has 3 rings (SSSR count). The van der Waals surface area contributed by atoms with Crippen LogP contribution >= 0.6 is 11.3 Å². The van der Waals surface area contributed by atoms with Gasteiger partial charge in [0.05, 0.1) is 0 Å². The molecule has 0 spiro atoms. The molecule has 0 fully saturated rings. The number of hydrogen-bond donors (Lipinski definition) is 1. The van der Waals surface area contributed by atoms with Gasteiger partial charge in [-0.1, -0.05) is 50.2 Å². The minimum absolute atomic E-state index is 0.540. The third-order valence-electron chi connectivity index (χ3n) is 3.61. The van der Waals surface area contributed by atoms with Gasteiger partial charge in [0, 0.05) is 16.9 Å². The van der Waals surface area contributed by atoms with Crippen molar-refractivity contribution in [1.82, 2.24) is 0 Å². The van der Waals surface area contributed by atoms with Crippen LogP contribution in [0.3, 0.4) is 0 Å². The predicted octanol–water partition coefficient (Wildman–Crippen LogP) is 5.64. The molecule has 0 aliphatic rings. The van der Waals surface area contributed by atoms with Gasteiger partial charge in [-0.05, 0) is 39.9 Å². The number of para-hydroxylation sites is 1. The first-order valence-corrected chi connectivity index (χ1v) is 7.91. The lowest BCUT2D eigenvalue weighted by atomic mass is 10.0. The van der Waals surface area contributed by atoms with Crippen LogP contribution in [-0.4, -0.2) is 0 Å². The van der Waals surface area contributed by atoms with E-state index in [0.29, 0.717) is 5.92 Å². The highest BCUT2D eigenvalue weighted by Crippen LogP contribution is 2.28. The first-order valence-electron chi connectivity index (χ1n) is 7.03. The second-order valence-electron chi connectivity index (χ2n) is 5.35. The van der Waals surface area contributed by atoms with Crippen LogP contribution in [-0.2, 0) is 6.54 Å². The number of benzene rings is 2. The number of rotatable bonds is 4. The maximum Gasteiger partial charge on any atom is 0.0415 e. The predicted molar refractivity (Wildman–Crippen MR) is 89.7 cm³/mol. The van der Waals surface area contributed by atoms with E-state index in [0.717, 1.165) is 6.54 Å². The fourth-order valence-electron chi connectivity index (χ4n) is 2.52. The van der Waals surface area contributed by atoms with Crippen LogP contribution in [0.15, 0.2) is 53.9 Å². The maximum absolute atomic E-state index is 3.60. The summed E-state index contributed by atoms with van der Waals surface area (Å²) in [6.07, 6.45) is 0. The molecule has 3 aromatic rings. The Morgan fingerprint density at radius 2 is 1.75 bits per heavy atom. The molecule has 20 heavy (non-hydrogen) atoms. The third-order valence-corrected chi connectivity index (χ3v) is 4.63. The molecule has 1 aromatic heterocycles. The molecule has 0 aliphatic carbocycles. The molecule has 0 amide bonds. The molecule has 0 unspecified atom stereocenters. The normalized spacial score (nSPS) is 11.2. The van der Waals surface area contributed by atoms with Crippen molar-refractivity contribution in [2.45, 2.75) is 26.3 Å². The molecule has 2 heteroatoms. The molecule has 102 valence electrons. The van der Waals surface area contributed by atoms with Crippen molar-refractivity contribution in [3.63, 3.8) is 0 Å². The molecule has 1 heterocycles. The molecule has 1 N–H and O–H groups in total. The van der Waals surface area contributed by atoms with Gasteiger partial charge in [0.25, 0.3) is 0 Å². The second kappa shape index (κ2) is 5.68. The quantitative estimate of drug-likeness (QED) is 0.653. The van der Waals surface area contributed by atoms with Crippen LogP contribution in [0.25, 0.3) is 10.1 Å². The fraction of sp³-hybridized carbons (Fsp3) is 0.222. The Kier molecular flexibility index (Phi) is 3.75. The van der Waals surface area contributed by atoms with E-state index in [4.69, 9.17) is 0 Å². The molecule has 0 saturated carbocycles. The van der Waals surface area contributed by atoms with Gasteiger partial charge < -0.3 is 5.32 Å². The van der Waals surface area contributed by atoms with Gasteiger partial charge in [0.1, 0.15) is 0 Å². The highest BCUT2D eigenvalue weighted by Gasteiger charge is 2.07. The third kappa shape index (κ3) is 2.56. The van der Waals surface area contributed by atoms with E-state index in [1.165, 1.54) is 26.9 Å². The summed E-state index contributed by atoms with van der Waals surface area (Å²) in [4.78, 5) is 0. The summed E-state index contributed by atoms with van der Waals surface area (Å²) in [5.41, 5.74) is 4.01. The summed E-state index contributed by atoms with van der Waals surface area (Å²) < 4.78 is 1.36. The Hall–Kier alpha value is -1.80. The summed E-state index contributed by atoms with van der Waals surface area (Å²) in [5.74, 6) is 0.540. The molecule has 0 radical (unpaired) electrons. The van der Waals surface area contributed by atoms with E-state index >= 15 is 0 Å². The lowest BCUT2D eigenvalue weighted by molar-refractivity contribution is 0.865. The average Bonchev–Trinajstić information content (AvgIpc) is 2.88. The minimum Gasteiger partial charge on any atom is -0.381 e. The monoisotopic (exact) mass is 281 g/mol. The standard InChI is InChI=1S/C18H19NS/c1-13(2)15-7-3-5-9-17(15)19-11-14-12-20-18-10-6-4-8-16(14)18/h3-10,12-13,19H,11H2,1-2H3. The fourth-order valence-corrected chi connectivity index (χ4v) is 3.48. The van der Waals surface area contributed by atoms with Gasteiger partial charge in [-0.3, -0.25) is 0 Å². The Bertz CT molecular complexity index is 712. The van der Waals surface area contributed by atoms with Crippen LogP contribution in [0.2, 0.25) is 0 Å². The van der Waals surface area contributed by atoms with Gasteiger partial charge in [-0.2, -0.15) is 0 Å². The van der Waals surface area contributed by atoms with Gasteiger partial charge in [-0.25, -0.2) is 0 Å². The van der Waals surface area contributed by atoms with Crippen LogP contribution in [0.4, 0.5) is 5.69 Å². The van der Waals surface area contributed by atoms with Crippen molar-refractivity contribution in [2.75, 3.05) is 5.32 Å². The molecule has 2 aromatic carbocycles. The van der Waals surface area contributed by atoms with E-state index < -0.39 is 0 Å². The van der Waals surface area contributed by atoms with E-state index in [2.05, 4.69) is 73.1 Å². The second-order valence-corrected chi connectivity index (χ2v) is 6.26. The number of anilines is 1. The van der Waals surface area contributed by atoms with Crippen LogP contribution in [0.1, 0.15) is 30.9 Å². The average molecular weight is 281 g/mol. The van der Waals surface area contributed by atoms with Crippen LogP contribution in [0, 0.1) is 0 Å². The molecule has 0 bridgehead atoms. The molecular formula is C18H19NS. The molecule has 0 atom stereocenters. The summed E-state index contributed by atoms with van der Waals surface area (Å²) >= 11 is 1.82. The summed E-state index contributed by atoms with van der Waals surface area (Å²) in [6, 6.07) is 17.2. The lowest BCUT2D eigenvalue weighted by Crippen LogP contribution is -2.02. The van der Waals surface area contributed by atoms with Crippen LogP contribution < -0.4 is 5.32 Å². The number of hydrogen-bond acceptors (Lipinski definition) is 2. The topological polar surface area (TPSA) is 12.0 Å². The van der Waals surface area contributed by atoms with E-state index in [9.17, 15) is 0 Å². The Balaban J connectivity index is 1.83. The van der Waals surface area contributed by atoms with Crippen molar-refractivity contribution in [3.8, 4) is 0 Å². The molecule has 1 nitrogen and oxygen atoms in total. The molecule has 0 aliphatic heterocycles. The van der Waals surface area contributed by atoms with Gasteiger partial charge in [0.2, 0.25) is 0 Å². The highest BCUT2D eigenvalue weighted by molar-refractivity contribution is 7.17. The Labute approximate surface area is 124 Å². The number of thiophene rings is 1. The first-order chi connectivity index (χ1) is 9.75. The van der Waals surface area contributed by atoms with Crippen molar-refractivity contribution >= 4 is 27.1 Å². The smallest absolute Gasteiger partial charge is 0.0415 e. The maximum atomic E-state index is 3.60. The van der Waals surface area contributed by atoms with Crippen molar-refractivity contribution in [3.05, 3.63) is 65.0 Å². The van der Waals surface area contributed by atoms with E-state index in [1.807, 2.05) is 11.3 Å². The zero-order valence-electron chi connectivity index (χ0n) is 11.9. The van der Waals surface area contributed by atoms with Crippen molar-refractivity contribution in [2.24, 2.45) is 0 Å². The van der Waals surface area contributed by atoms with Crippen molar-refractivity contribution < 1.29 is 0 Å². The highest BCUT2D eigenvalue weighted by atomic mass is 32.1. The minimum atomic E-state index is 0.540.